The van der Waals surface area contributed by atoms with Gasteiger partial charge in [-0.2, -0.15) is 0 Å². The first kappa shape index (κ1) is 10.3. The van der Waals surface area contributed by atoms with Crippen LogP contribution in [0.4, 0.5) is 0 Å². The smallest absolute Gasteiger partial charge is 0.00956 e. The molecule has 1 aliphatic carbocycles. The predicted octanol–water partition coefficient (Wildman–Crippen LogP) is 0.968. The fraction of sp³-hybridized carbons (Fsp3) is 1.00. The molecule has 12 heavy (non-hydrogen) atoms. The van der Waals surface area contributed by atoms with Gasteiger partial charge in [-0.25, -0.2) is 0 Å². The molecule has 1 heterocycles. The van der Waals surface area contributed by atoms with Crippen molar-refractivity contribution in [2.75, 3.05) is 27.2 Å². The van der Waals surface area contributed by atoms with E-state index in [1.807, 2.05) is 0 Å². The van der Waals surface area contributed by atoms with E-state index in [9.17, 15) is 0 Å². The first-order chi connectivity index (χ1) is 5.27. The molecule has 2 aliphatic rings. The zero-order valence-corrected chi connectivity index (χ0v) is 8.73. The van der Waals surface area contributed by atoms with E-state index in [0.717, 1.165) is 17.9 Å². The van der Waals surface area contributed by atoms with E-state index in [1.54, 1.807) is 0 Å². The topological polar surface area (TPSA) is 15.3 Å². The maximum atomic E-state index is 3.47. The van der Waals surface area contributed by atoms with E-state index in [-0.39, 0.29) is 12.4 Å². The SMILES string of the molecule is CN(C)C1C[C@H]2CNC[C@H]2C1.Cl. The Hall–Kier alpha value is 0.210. The van der Waals surface area contributed by atoms with Crippen LogP contribution in [0, 0.1) is 11.8 Å². The van der Waals surface area contributed by atoms with Crippen LogP contribution in [0.2, 0.25) is 0 Å². The van der Waals surface area contributed by atoms with Crippen LogP contribution in [0.15, 0.2) is 0 Å². The van der Waals surface area contributed by atoms with Gasteiger partial charge < -0.3 is 10.2 Å². The summed E-state index contributed by atoms with van der Waals surface area (Å²) in [5.74, 6) is 1.98. The van der Waals surface area contributed by atoms with Crippen molar-refractivity contribution in [3.8, 4) is 0 Å². The standard InChI is InChI=1S/C9H18N2.ClH/c1-11(2)9-3-7-5-10-6-8(7)4-9;/h7-10H,3-6H2,1-2H3;1H/t7-,8+,9?;. The molecule has 0 spiro atoms. The summed E-state index contributed by atoms with van der Waals surface area (Å²) in [6.07, 6.45) is 2.84. The molecule has 1 unspecified atom stereocenters. The lowest BCUT2D eigenvalue weighted by Gasteiger charge is -2.19. The Morgan fingerprint density at radius 3 is 2.00 bits per heavy atom. The third kappa shape index (κ3) is 1.76. The molecule has 0 bridgehead atoms. The van der Waals surface area contributed by atoms with Gasteiger partial charge in [0.25, 0.3) is 0 Å². The Morgan fingerprint density at radius 2 is 1.58 bits per heavy atom. The van der Waals surface area contributed by atoms with Crippen LogP contribution in [-0.2, 0) is 0 Å². The van der Waals surface area contributed by atoms with Crippen molar-refractivity contribution in [1.82, 2.24) is 10.2 Å². The van der Waals surface area contributed by atoms with Crippen molar-refractivity contribution < 1.29 is 0 Å². The lowest BCUT2D eigenvalue weighted by atomic mass is 10.0. The van der Waals surface area contributed by atoms with Crippen LogP contribution < -0.4 is 5.32 Å². The highest BCUT2D eigenvalue weighted by molar-refractivity contribution is 5.85. The molecule has 3 atom stereocenters. The zero-order valence-electron chi connectivity index (χ0n) is 7.92. The molecule has 1 aliphatic heterocycles. The molecule has 0 aromatic rings. The van der Waals surface area contributed by atoms with Gasteiger partial charge in [0.05, 0.1) is 0 Å². The minimum atomic E-state index is 0. The van der Waals surface area contributed by atoms with Gasteiger partial charge in [-0.15, -0.1) is 12.4 Å². The number of fused-ring (bicyclic) bond motifs is 1. The van der Waals surface area contributed by atoms with Crippen molar-refractivity contribution in [2.24, 2.45) is 11.8 Å². The van der Waals surface area contributed by atoms with Crippen LogP contribution in [0.3, 0.4) is 0 Å². The number of rotatable bonds is 1. The van der Waals surface area contributed by atoms with Crippen molar-refractivity contribution in [2.45, 2.75) is 18.9 Å². The van der Waals surface area contributed by atoms with Crippen molar-refractivity contribution in [1.29, 1.82) is 0 Å². The summed E-state index contributed by atoms with van der Waals surface area (Å²) in [5, 5.41) is 3.47. The van der Waals surface area contributed by atoms with Gasteiger partial charge in [0.15, 0.2) is 0 Å². The highest BCUT2D eigenvalue weighted by Crippen LogP contribution is 2.35. The van der Waals surface area contributed by atoms with E-state index < -0.39 is 0 Å². The van der Waals surface area contributed by atoms with Gasteiger partial charge in [-0.3, -0.25) is 0 Å². The second-order valence-electron chi connectivity index (χ2n) is 4.27. The second kappa shape index (κ2) is 3.95. The third-order valence-electron chi connectivity index (χ3n) is 3.36. The Labute approximate surface area is 81.1 Å². The molecule has 1 saturated carbocycles. The van der Waals surface area contributed by atoms with Gasteiger partial charge in [0.2, 0.25) is 0 Å². The minimum absolute atomic E-state index is 0. The van der Waals surface area contributed by atoms with Gasteiger partial charge in [0, 0.05) is 6.04 Å². The summed E-state index contributed by atoms with van der Waals surface area (Å²) >= 11 is 0. The highest BCUT2D eigenvalue weighted by atomic mass is 35.5. The maximum absolute atomic E-state index is 3.47. The highest BCUT2D eigenvalue weighted by Gasteiger charge is 2.37. The number of hydrogen-bond donors (Lipinski definition) is 1. The van der Waals surface area contributed by atoms with Crippen LogP contribution in [-0.4, -0.2) is 38.1 Å². The van der Waals surface area contributed by atoms with Gasteiger partial charge >= 0.3 is 0 Å². The summed E-state index contributed by atoms with van der Waals surface area (Å²) in [6.45, 7) is 2.55. The van der Waals surface area contributed by atoms with Crippen LogP contribution in [0.25, 0.3) is 0 Å². The predicted molar refractivity (Wildman–Crippen MR) is 53.8 cm³/mol. The molecule has 1 saturated heterocycles. The largest absolute Gasteiger partial charge is 0.316 e. The summed E-state index contributed by atoms with van der Waals surface area (Å²) in [4.78, 5) is 2.39. The number of halogens is 1. The molecule has 2 fully saturated rings. The third-order valence-corrected chi connectivity index (χ3v) is 3.36. The van der Waals surface area contributed by atoms with Crippen molar-refractivity contribution in [3.63, 3.8) is 0 Å². The molecule has 2 rings (SSSR count). The summed E-state index contributed by atoms with van der Waals surface area (Å²) in [5.41, 5.74) is 0. The fourth-order valence-corrected chi connectivity index (χ4v) is 2.56. The molecular formula is C9H19ClN2. The molecule has 72 valence electrons. The maximum Gasteiger partial charge on any atom is 0.00956 e. The normalized spacial score (nSPS) is 39.8. The Kier molecular flexibility index (Phi) is 3.38. The Bertz CT molecular complexity index is 137. The summed E-state index contributed by atoms with van der Waals surface area (Å²) < 4.78 is 0. The lowest BCUT2D eigenvalue weighted by Crippen LogP contribution is -2.27. The Morgan fingerprint density at radius 1 is 1.08 bits per heavy atom. The molecule has 0 aromatic heterocycles. The first-order valence-corrected chi connectivity index (χ1v) is 4.64. The van der Waals surface area contributed by atoms with Gasteiger partial charge in [0.1, 0.15) is 0 Å². The number of hydrogen-bond acceptors (Lipinski definition) is 2. The lowest BCUT2D eigenvalue weighted by molar-refractivity contribution is 0.285. The number of nitrogens with one attached hydrogen (secondary N) is 1. The molecule has 0 amide bonds. The average molecular weight is 191 g/mol. The molecule has 1 N–H and O–H groups in total. The zero-order chi connectivity index (χ0) is 7.84. The van der Waals surface area contributed by atoms with Gasteiger partial charge in [-0.05, 0) is 51.9 Å². The van der Waals surface area contributed by atoms with E-state index >= 15 is 0 Å². The molecule has 2 nitrogen and oxygen atoms in total. The van der Waals surface area contributed by atoms with Crippen LogP contribution in [0.1, 0.15) is 12.8 Å². The van der Waals surface area contributed by atoms with E-state index in [2.05, 4.69) is 24.3 Å². The van der Waals surface area contributed by atoms with Crippen molar-refractivity contribution >= 4 is 12.4 Å². The van der Waals surface area contributed by atoms with Crippen molar-refractivity contribution in [3.05, 3.63) is 0 Å². The quantitative estimate of drug-likeness (QED) is 0.663. The summed E-state index contributed by atoms with van der Waals surface area (Å²) in [6, 6.07) is 0.868. The minimum Gasteiger partial charge on any atom is -0.316 e. The van der Waals surface area contributed by atoms with Gasteiger partial charge in [-0.1, -0.05) is 0 Å². The Balaban J connectivity index is 0.000000720. The summed E-state index contributed by atoms with van der Waals surface area (Å²) in [7, 11) is 4.41. The molecule has 3 heteroatoms. The monoisotopic (exact) mass is 190 g/mol. The molecule has 0 aromatic carbocycles. The molecule has 0 radical (unpaired) electrons. The average Bonchev–Trinajstić information content (AvgIpc) is 2.40. The van der Waals surface area contributed by atoms with E-state index in [4.69, 9.17) is 0 Å². The van der Waals surface area contributed by atoms with Crippen LogP contribution >= 0.6 is 12.4 Å². The fourth-order valence-electron chi connectivity index (χ4n) is 2.56. The van der Waals surface area contributed by atoms with Crippen LogP contribution in [0.5, 0.6) is 0 Å². The van der Waals surface area contributed by atoms with E-state index in [1.165, 1.54) is 25.9 Å². The molecular weight excluding hydrogens is 172 g/mol. The van der Waals surface area contributed by atoms with E-state index in [0.29, 0.717) is 0 Å². The number of nitrogens with zero attached hydrogens (tertiary/aromatic N) is 1. The second-order valence-corrected chi connectivity index (χ2v) is 4.27. The first-order valence-electron chi connectivity index (χ1n) is 4.64.